The summed E-state index contributed by atoms with van der Waals surface area (Å²) in [5.41, 5.74) is 11.7. The van der Waals surface area contributed by atoms with E-state index in [1.165, 1.54) is 12.8 Å². The Balaban J connectivity index is 2.06. The number of hydrogen-bond acceptors (Lipinski definition) is 3. The lowest BCUT2D eigenvalue weighted by Crippen LogP contribution is -2.51. The first-order valence-corrected chi connectivity index (χ1v) is 7.82. The van der Waals surface area contributed by atoms with Crippen LogP contribution in [0.4, 0.5) is 0 Å². The van der Waals surface area contributed by atoms with Gasteiger partial charge in [0.25, 0.3) is 0 Å². The van der Waals surface area contributed by atoms with Crippen molar-refractivity contribution in [2.45, 2.75) is 44.7 Å². The molecule has 1 aliphatic rings. The van der Waals surface area contributed by atoms with Crippen molar-refractivity contribution in [3.05, 3.63) is 35.9 Å². The second kappa shape index (κ2) is 6.58. The van der Waals surface area contributed by atoms with Crippen molar-refractivity contribution in [2.24, 2.45) is 17.4 Å². The van der Waals surface area contributed by atoms with Gasteiger partial charge in [0, 0.05) is 19.1 Å². The summed E-state index contributed by atoms with van der Waals surface area (Å²) in [5.74, 6) is 0.369. The van der Waals surface area contributed by atoms with Crippen molar-refractivity contribution in [1.82, 2.24) is 4.90 Å². The average molecular weight is 289 g/mol. The second-order valence-electron chi connectivity index (χ2n) is 6.48. The van der Waals surface area contributed by atoms with E-state index in [9.17, 15) is 4.79 Å². The molecule has 1 saturated carbocycles. The van der Waals surface area contributed by atoms with Crippen LogP contribution in [0.5, 0.6) is 0 Å². The molecule has 1 aromatic carbocycles. The summed E-state index contributed by atoms with van der Waals surface area (Å²) < 4.78 is 0. The molecule has 1 amide bonds. The van der Waals surface area contributed by atoms with E-state index in [-0.39, 0.29) is 0 Å². The number of benzene rings is 1. The highest BCUT2D eigenvalue weighted by atomic mass is 16.1. The van der Waals surface area contributed by atoms with Crippen molar-refractivity contribution in [2.75, 3.05) is 13.1 Å². The molecule has 0 aromatic heterocycles. The van der Waals surface area contributed by atoms with Crippen molar-refractivity contribution in [3.8, 4) is 0 Å². The van der Waals surface area contributed by atoms with Gasteiger partial charge in [-0.1, -0.05) is 30.3 Å². The van der Waals surface area contributed by atoms with Crippen LogP contribution in [0, 0.1) is 5.92 Å². The lowest BCUT2D eigenvalue weighted by molar-refractivity contribution is -0.123. The molecule has 0 heterocycles. The molecular weight excluding hydrogens is 262 g/mol. The van der Waals surface area contributed by atoms with Crippen molar-refractivity contribution < 1.29 is 4.79 Å². The maximum atomic E-state index is 11.9. The Morgan fingerprint density at radius 3 is 2.43 bits per heavy atom. The molecule has 1 fully saturated rings. The highest BCUT2D eigenvalue weighted by Crippen LogP contribution is 2.31. The first-order valence-electron chi connectivity index (χ1n) is 7.82. The number of rotatable bonds is 8. The van der Waals surface area contributed by atoms with Gasteiger partial charge in [0.1, 0.15) is 5.54 Å². The SMILES string of the molecule is CC(C)N(CCC(N)(C(N)=O)c1ccccc1)CC1CC1. The predicted octanol–water partition coefficient (Wildman–Crippen LogP) is 1.84. The van der Waals surface area contributed by atoms with Crippen molar-refractivity contribution in [3.63, 3.8) is 0 Å². The molecule has 21 heavy (non-hydrogen) atoms. The zero-order valence-corrected chi connectivity index (χ0v) is 13.1. The zero-order valence-electron chi connectivity index (χ0n) is 13.1. The third kappa shape index (κ3) is 4.05. The van der Waals surface area contributed by atoms with Crippen LogP contribution in [0.1, 0.15) is 38.7 Å². The van der Waals surface area contributed by atoms with Crippen LogP contribution >= 0.6 is 0 Å². The van der Waals surface area contributed by atoms with Gasteiger partial charge in [-0.3, -0.25) is 4.79 Å². The van der Waals surface area contributed by atoms with Crippen molar-refractivity contribution >= 4 is 5.91 Å². The van der Waals surface area contributed by atoms with E-state index in [2.05, 4.69) is 18.7 Å². The Kier molecular flexibility index (Phi) is 5.01. The van der Waals surface area contributed by atoms with Gasteiger partial charge >= 0.3 is 0 Å². The van der Waals surface area contributed by atoms with E-state index in [4.69, 9.17) is 11.5 Å². The van der Waals surface area contributed by atoms with Gasteiger partial charge in [0.15, 0.2) is 0 Å². The van der Waals surface area contributed by atoms with E-state index >= 15 is 0 Å². The zero-order chi connectivity index (χ0) is 15.5. The second-order valence-corrected chi connectivity index (χ2v) is 6.48. The number of carbonyl (C=O) groups is 1. The number of primary amides is 1. The molecule has 4 nitrogen and oxygen atoms in total. The van der Waals surface area contributed by atoms with Crippen LogP contribution in [0.15, 0.2) is 30.3 Å². The molecule has 1 atom stereocenters. The van der Waals surface area contributed by atoms with Crippen molar-refractivity contribution in [1.29, 1.82) is 0 Å². The summed E-state index contributed by atoms with van der Waals surface area (Å²) >= 11 is 0. The van der Waals surface area contributed by atoms with Gasteiger partial charge in [-0.2, -0.15) is 0 Å². The molecular formula is C17H27N3O. The Morgan fingerprint density at radius 2 is 1.95 bits per heavy atom. The number of nitrogens with zero attached hydrogens (tertiary/aromatic N) is 1. The number of amides is 1. The highest BCUT2D eigenvalue weighted by molar-refractivity contribution is 5.85. The molecule has 0 aliphatic heterocycles. The number of hydrogen-bond donors (Lipinski definition) is 2. The summed E-state index contributed by atoms with van der Waals surface area (Å²) in [6.07, 6.45) is 3.20. The molecule has 0 saturated heterocycles. The van der Waals surface area contributed by atoms with Crippen LogP contribution < -0.4 is 11.5 Å². The van der Waals surface area contributed by atoms with Gasteiger partial charge in [-0.25, -0.2) is 0 Å². The molecule has 4 heteroatoms. The molecule has 4 N–H and O–H groups in total. The largest absolute Gasteiger partial charge is 0.368 e. The Hall–Kier alpha value is -1.39. The topological polar surface area (TPSA) is 72.3 Å². The molecule has 1 aliphatic carbocycles. The van der Waals surface area contributed by atoms with Gasteiger partial charge < -0.3 is 16.4 Å². The van der Waals surface area contributed by atoms with Gasteiger partial charge in [0.2, 0.25) is 5.91 Å². The summed E-state index contributed by atoms with van der Waals surface area (Å²) in [6, 6.07) is 9.92. The average Bonchev–Trinajstić information content (AvgIpc) is 3.27. The van der Waals surface area contributed by atoms with E-state index in [0.717, 1.165) is 24.6 Å². The van der Waals surface area contributed by atoms with Gasteiger partial charge in [-0.05, 0) is 44.6 Å². The normalized spacial score (nSPS) is 18.0. The predicted molar refractivity (Wildman–Crippen MR) is 85.6 cm³/mol. The van der Waals surface area contributed by atoms with E-state index in [1.807, 2.05) is 30.3 Å². The van der Waals surface area contributed by atoms with E-state index in [1.54, 1.807) is 0 Å². The van der Waals surface area contributed by atoms with Gasteiger partial charge in [-0.15, -0.1) is 0 Å². The minimum Gasteiger partial charge on any atom is -0.368 e. The van der Waals surface area contributed by atoms with E-state index < -0.39 is 11.4 Å². The summed E-state index contributed by atoms with van der Waals surface area (Å²) in [7, 11) is 0. The molecule has 116 valence electrons. The maximum absolute atomic E-state index is 11.9. The van der Waals surface area contributed by atoms with Crippen LogP contribution in [0.2, 0.25) is 0 Å². The molecule has 0 bridgehead atoms. The smallest absolute Gasteiger partial charge is 0.242 e. The third-order valence-electron chi connectivity index (χ3n) is 4.44. The first kappa shape index (κ1) is 16.0. The summed E-state index contributed by atoms with van der Waals surface area (Å²) in [4.78, 5) is 14.3. The van der Waals surface area contributed by atoms with Crippen LogP contribution in [0.3, 0.4) is 0 Å². The molecule has 0 radical (unpaired) electrons. The Labute approximate surface area is 127 Å². The summed E-state index contributed by atoms with van der Waals surface area (Å²) in [5, 5.41) is 0. The molecule has 1 aromatic rings. The fourth-order valence-corrected chi connectivity index (χ4v) is 2.66. The monoisotopic (exact) mass is 289 g/mol. The minimum atomic E-state index is -1.09. The lowest BCUT2D eigenvalue weighted by atomic mass is 9.86. The quantitative estimate of drug-likeness (QED) is 0.767. The number of nitrogens with two attached hydrogens (primary N) is 2. The fourth-order valence-electron chi connectivity index (χ4n) is 2.66. The lowest BCUT2D eigenvalue weighted by Gasteiger charge is -2.32. The van der Waals surface area contributed by atoms with Crippen LogP contribution in [-0.4, -0.2) is 29.9 Å². The number of carbonyl (C=O) groups excluding carboxylic acids is 1. The Bertz CT molecular complexity index is 470. The fraction of sp³-hybridized carbons (Fsp3) is 0.588. The first-order chi connectivity index (χ1) is 9.93. The van der Waals surface area contributed by atoms with Crippen LogP contribution in [-0.2, 0) is 10.3 Å². The third-order valence-corrected chi connectivity index (χ3v) is 4.44. The standard InChI is InChI=1S/C17H27N3O/c1-13(2)20(12-14-8-9-14)11-10-17(19,16(18)21)15-6-4-3-5-7-15/h3-7,13-14H,8-12,19H2,1-2H3,(H2,18,21). The van der Waals surface area contributed by atoms with Gasteiger partial charge in [0.05, 0.1) is 0 Å². The molecule has 0 spiro atoms. The van der Waals surface area contributed by atoms with Crippen LogP contribution in [0.25, 0.3) is 0 Å². The minimum absolute atomic E-state index is 0.455. The molecule has 2 rings (SSSR count). The van der Waals surface area contributed by atoms with E-state index in [0.29, 0.717) is 12.5 Å². The molecule has 1 unspecified atom stereocenters. The summed E-state index contributed by atoms with van der Waals surface area (Å²) in [6.45, 7) is 6.27. The Morgan fingerprint density at radius 1 is 1.33 bits per heavy atom. The maximum Gasteiger partial charge on any atom is 0.242 e. The highest BCUT2D eigenvalue weighted by Gasteiger charge is 2.35.